The Morgan fingerprint density at radius 2 is 1.70 bits per heavy atom. The summed E-state index contributed by atoms with van der Waals surface area (Å²) < 4.78 is 52.8. The lowest BCUT2D eigenvalue weighted by Gasteiger charge is -2.28. The normalized spacial score (nSPS) is 17.3. The number of hydrogen-bond acceptors (Lipinski definition) is 1. The van der Waals surface area contributed by atoms with Gasteiger partial charge in [0.1, 0.15) is 11.0 Å². The van der Waals surface area contributed by atoms with E-state index < -0.39 is 27.6 Å². The van der Waals surface area contributed by atoms with Gasteiger partial charge in [0, 0.05) is 0 Å². The number of nitrogens with one attached hydrogen (secondary N) is 1. The second kappa shape index (κ2) is 7.41. The molecule has 0 saturated heterocycles. The number of unbranched alkanes of at least 4 members (excludes halogenated alkanes) is 3. The van der Waals surface area contributed by atoms with Crippen LogP contribution in [0.1, 0.15) is 59.8 Å². The minimum atomic E-state index is -4.75. The van der Waals surface area contributed by atoms with Crippen LogP contribution in [-0.4, -0.2) is 20.8 Å². The molecule has 0 aliphatic rings. The third-order valence-corrected chi connectivity index (χ3v) is 4.51. The van der Waals surface area contributed by atoms with E-state index in [1.807, 2.05) is 11.6 Å². The van der Waals surface area contributed by atoms with Gasteiger partial charge in [0.2, 0.25) is 0 Å². The molecule has 7 heteroatoms. The molecule has 0 aromatic heterocycles. The Morgan fingerprint density at radius 3 is 2.05 bits per heavy atom. The summed E-state index contributed by atoms with van der Waals surface area (Å²) >= 11 is 0. The number of halogens is 3. The molecule has 1 N–H and O–H groups in total. The van der Waals surface area contributed by atoms with Crippen LogP contribution in [0.3, 0.4) is 0 Å². The molecule has 0 unspecified atom stereocenters. The largest absolute Gasteiger partial charge is 0.485 e. The van der Waals surface area contributed by atoms with Crippen molar-refractivity contribution in [2.24, 2.45) is 0 Å². The molecule has 0 fully saturated rings. The minimum absolute atomic E-state index is 0.282. The number of hydrogen-bond donors (Lipinski definition) is 1. The molecule has 0 aliphatic heterocycles. The maximum atomic E-state index is 13.2. The fourth-order valence-corrected chi connectivity index (χ4v) is 2.38. The van der Waals surface area contributed by atoms with Crippen molar-refractivity contribution in [3.8, 4) is 0 Å². The molecule has 0 aromatic rings. The van der Waals surface area contributed by atoms with Crippen LogP contribution in [0, 0.1) is 6.57 Å². The zero-order valence-electron chi connectivity index (χ0n) is 12.4. The Bertz CT molecular complexity index is 371. The van der Waals surface area contributed by atoms with Gasteiger partial charge in [0.25, 0.3) is 0 Å². The predicted molar refractivity (Wildman–Crippen MR) is 75.2 cm³/mol. The Hall–Kier alpha value is -0.610. The van der Waals surface area contributed by atoms with Gasteiger partial charge in [-0.05, 0) is 27.2 Å². The van der Waals surface area contributed by atoms with Crippen LogP contribution in [0.2, 0.25) is 0 Å². The molecular formula is C13H23F3N2OS. The SMILES string of the molecule is [C-]#[N+][C@@](CCCCCC)(N[S@](=O)C(C)(C)C)C(F)(F)F. The summed E-state index contributed by atoms with van der Waals surface area (Å²) in [6.45, 7) is 13.6. The highest BCUT2D eigenvalue weighted by molar-refractivity contribution is 7.84. The average Bonchev–Trinajstić information content (AvgIpc) is 2.30. The molecule has 20 heavy (non-hydrogen) atoms. The molecule has 0 rings (SSSR count). The van der Waals surface area contributed by atoms with Gasteiger partial charge in [-0.1, -0.05) is 26.2 Å². The molecule has 118 valence electrons. The van der Waals surface area contributed by atoms with Gasteiger partial charge in [-0.3, -0.25) is 4.85 Å². The van der Waals surface area contributed by atoms with E-state index in [1.54, 1.807) is 20.8 Å². The molecule has 0 amide bonds. The molecule has 0 saturated carbocycles. The van der Waals surface area contributed by atoms with E-state index in [0.717, 1.165) is 12.8 Å². The molecule has 0 heterocycles. The van der Waals surface area contributed by atoms with Gasteiger partial charge in [-0.25, -0.2) is 10.8 Å². The average molecular weight is 312 g/mol. The maximum absolute atomic E-state index is 13.2. The zero-order chi connectivity index (χ0) is 16.0. The van der Waals surface area contributed by atoms with E-state index in [9.17, 15) is 17.4 Å². The van der Waals surface area contributed by atoms with Gasteiger partial charge < -0.3 is 0 Å². The highest BCUT2D eigenvalue weighted by Gasteiger charge is 2.63. The van der Waals surface area contributed by atoms with E-state index >= 15 is 0 Å². The van der Waals surface area contributed by atoms with Gasteiger partial charge >= 0.3 is 11.8 Å². The number of nitrogens with zero attached hydrogens (tertiary/aromatic N) is 1. The Labute approximate surface area is 121 Å². The van der Waals surface area contributed by atoms with Crippen molar-refractivity contribution in [3.05, 3.63) is 11.4 Å². The summed E-state index contributed by atoms with van der Waals surface area (Å²) in [5, 5.41) is 0. The van der Waals surface area contributed by atoms with Crippen LogP contribution >= 0.6 is 0 Å². The standard InChI is InChI=1S/C13H23F3N2OS/c1-6-7-8-9-10-12(17-5,13(14,15)16)18-20(19)11(2,3)4/h18H,6-10H2,1-4H3/t12-,20+/m0/s1. The highest BCUT2D eigenvalue weighted by atomic mass is 32.2. The van der Waals surface area contributed by atoms with Crippen molar-refractivity contribution in [3.63, 3.8) is 0 Å². The monoisotopic (exact) mass is 312 g/mol. The molecule has 0 bridgehead atoms. The van der Waals surface area contributed by atoms with Crippen LogP contribution in [0.15, 0.2) is 0 Å². The van der Waals surface area contributed by atoms with Crippen LogP contribution in [-0.2, 0) is 11.0 Å². The third kappa shape index (κ3) is 5.41. The van der Waals surface area contributed by atoms with Gasteiger partial charge in [-0.15, -0.1) is 0 Å². The molecule has 0 aliphatic carbocycles. The molecule has 0 aromatic carbocycles. The summed E-state index contributed by atoms with van der Waals surface area (Å²) in [6.07, 6.45) is -2.48. The summed E-state index contributed by atoms with van der Waals surface area (Å²) in [4.78, 5) is 2.76. The third-order valence-electron chi connectivity index (χ3n) is 2.87. The minimum Gasteiger partial charge on any atom is -0.282 e. The Balaban J connectivity index is 5.07. The van der Waals surface area contributed by atoms with Crippen molar-refractivity contribution in [1.82, 2.24) is 4.72 Å². The second-order valence-electron chi connectivity index (χ2n) is 5.76. The van der Waals surface area contributed by atoms with Crippen molar-refractivity contribution in [1.29, 1.82) is 0 Å². The van der Waals surface area contributed by atoms with Crippen LogP contribution in [0.25, 0.3) is 4.85 Å². The fraction of sp³-hybridized carbons (Fsp3) is 0.923. The van der Waals surface area contributed by atoms with E-state index in [1.165, 1.54) is 0 Å². The lowest BCUT2D eigenvalue weighted by Crippen LogP contribution is -2.57. The molecule has 0 radical (unpaired) electrons. The van der Waals surface area contributed by atoms with Crippen molar-refractivity contribution in [2.75, 3.05) is 0 Å². The maximum Gasteiger partial charge on any atom is 0.485 e. The number of rotatable bonds is 7. The Morgan fingerprint density at radius 1 is 1.15 bits per heavy atom. The first-order chi connectivity index (χ1) is 9.00. The fourth-order valence-electron chi connectivity index (χ4n) is 1.51. The highest BCUT2D eigenvalue weighted by Crippen LogP contribution is 2.37. The summed E-state index contributed by atoms with van der Waals surface area (Å²) in [7, 11) is -1.94. The summed E-state index contributed by atoms with van der Waals surface area (Å²) in [5.74, 6) is 0. The molecule has 0 spiro atoms. The van der Waals surface area contributed by atoms with Gasteiger partial charge in [0.15, 0.2) is 0 Å². The topological polar surface area (TPSA) is 33.5 Å². The lowest BCUT2D eigenvalue weighted by atomic mass is 10.0. The second-order valence-corrected chi connectivity index (χ2v) is 7.73. The van der Waals surface area contributed by atoms with Crippen molar-refractivity contribution in [2.45, 2.75) is 76.4 Å². The Kier molecular flexibility index (Phi) is 7.19. The summed E-state index contributed by atoms with van der Waals surface area (Å²) in [6, 6.07) is 0. The van der Waals surface area contributed by atoms with Crippen molar-refractivity contribution >= 4 is 11.0 Å². The van der Waals surface area contributed by atoms with Gasteiger partial charge in [0.05, 0.1) is 11.2 Å². The molecule has 2 atom stereocenters. The smallest absolute Gasteiger partial charge is 0.282 e. The van der Waals surface area contributed by atoms with E-state index in [0.29, 0.717) is 6.42 Å². The van der Waals surface area contributed by atoms with Crippen LogP contribution in [0.5, 0.6) is 0 Å². The van der Waals surface area contributed by atoms with Crippen LogP contribution < -0.4 is 4.72 Å². The van der Waals surface area contributed by atoms with Crippen molar-refractivity contribution < 1.29 is 17.4 Å². The van der Waals surface area contributed by atoms with E-state index in [2.05, 4.69) is 4.85 Å². The van der Waals surface area contributed by atoms with Gasteiger partial charge in [-0.2, -0.15) is 17.9 Å². The first-order valence-electron chi connectivity index (χ1n) is 6.65. The van der Waals surface area contributed by atoms with Crippen LogP contribution in [0.4, 0.5) is 13.2 Å². The first kappa shape index (κ1) is 19.4. The van der Waals surface area contributed by atoms with E-state index in [-0.39, 0.29) is 12.8 Å². The van der Waals surface area contributed by atoms with E-state index in [4.69, 9.17) is 6.57 Å². The molecule has 3 nitrogen and oxygen atoms in total. The summed E-state index contributed by atoms with van der Waals surface area (Å²) in [5.41, 5.74) is -2.75. The quantitative estimate of drug-likeness (QED) is 0.555. The molecular weight excluding hydrogens is 289 g/mol. The zero-order valence-corrected chi connectivity index (χ0v) is 13.2. The number of alkyl halides is 3. The predicted octanol–water partition coefficient (Wildman–Crippen LogP) is 4.19. The first-order valence-corrected chi connectivity index (χ1v) is 7.80. The lowest BCUT2D eigenvalue weighted by molar-refractivity contribution is -0.178.